The number of hydrogen-bond acceptors (Lipinski definition) is 17. The molecular weight excluding hydrogens is 1250 g/mol. The summed E-state index contributed by atoms with van der Waals surface area (Å²) in [4.78, 5) is 42.7. The number of nitrogens with one attached hydrogen (secondary N) is 1. The second-order valence-electron chi connectivity index (χ2n) is 21.0. The molecule has 0 radical (unpaired) electrons. The number of imidazole rings is 4. The second-order valence-corrected chi connectivity index (χ2v) is 21.0. The van der Waals surface area contributed by atoms with Crippen LogP contribution in [0.1, 0.15) is 55.3 Å². The average Bonchev–Trinajstić information content (AvgIpc) is 1.57. The van der Waals surface area contributed by atoms with E-state index in [0.717, 1.165) is 61.7 Å². The summed E-state index contributed by atoms with van der Waals surface area (Å²) in [5.74, 6) is -1.68. The monoisotopic (exact) mass is 1310 g/mol. The van der Waals surface area contributed by atoms with Crippen molar-refractivity contribution >= 4 is 35.2 Å². The molecule has 0 saturated heterocycles. The lowest BCUT2D eigenvalue weighted by atomic mass is 9.83. The zero-order valence-electron chi connectivity index (χ0n) is 52.7. The summed E-state index contributed by atoms with van der Waals surface area (Å²) in [5, 5.41) is 66.1. The summed E-state index contributed by atoms with van der Waals surface area (Å²) in [6.45, 7) is 7.89. The van der Waals surface area contributed by atoms with Crippen molar-refractivity contribution in [3.05, 3.63) is 246 Å². The molecule has 0 aromatic carbocycles. The van der Waals surface area contributed by atoms with Crippen LogP contribution >= 0.6 is 0 Å². The van der Waals surface area contributed by atoms with Crippen LogP contribution in [0.3, 0.4) is 0 Å². The molecule has 3 N–H and O–H groups in total. The zero-order chi connectivity index (χ0) is 69.0. The highest BCUT2D eigenvalue weighted by Crippen LogP contribution is 2.32. The van der Waals surface area contributed by atoms with Crippen LogP contribution in [0.4, 0.5) is 13.2 Å². The number of aromatic amines is 1. The molecule has 0 aliphatic heterocycles. The minimum absolute atomic E-state index is 0. The predicted molar refractivity (Wildman–Crippen MR) is 360 cm³/mol. The maximum absolute atomic E-state index is 13.2. The van der Waals surface area contributed by atoms with Gasteiger partial charge in [0.2, 0.25) is 17.8 Å². The molecule has 486 valence electrons. The summed E-state index contributed by atoms with van der Waals surface area (Å²) in [5.41, 5.74) is 16.1. The van der Waals surface area contributed by atoms with Gasteiger partial charge in [-0.25, -0.2) is 29.9 Å². The Morgan fingerprint density at radius 3 is 1.18 bits per heavy atom. The molecule has 15 aromatic heterocycles. The molecule has 0 bridgehead atoms. The van der Waals surface area contributed by atoms with Crippen LogP contribution in [0.2, 0.25) is 0 Å². The van der Waals surface area contributed by atoms with Crippen LogP contribution in [-0.2, 0) is 21.1 Å². The molecule has 0 spiro atoms. The highest BCUT2D eigenvalue weighted by molar-refractivity contribution is 6.58. The first-order valence-corrected chi connectivity index (χ1v) is 29.4. The van der Waals surface area contributed by atoms with Crippen molar-refractivity contribution in [2.45, 2.75) is 35.1 Å². The first kappa shape index (κ1) is 68.9. The van der Waals surface area contributed by atoms with E-state index in [4.69, 9.17) is 20.6 Å². The van der Waals surface area contributed by atoms with Crippen molar-refractivity contribution in [1.29, 1.82) is 21.0 Å². The Labute approximate surface area is 557 Å². The maximum Gasteiger partial charge on any atom is 0.491 e. The minimum Gasteiger partial charge on any atom is -0.423 e. The van der Waals surface area contributed by atoms with Crippen molar-refractivity contribution in [2.24, 2.45) is 21.1 Å². The fraction of sp³-hybridized carbons (Fsp3) is 0.116. The van der Waals surface area contributed by atoms with Crippen molar-refractivity contribution in [3.63, 3.8) is 0 Å². The van der Waals surface area contributed by atoms with E-state index < -0.39 is 25.0 Å². The van der Waals surface area contributed by atoms with E-state index in [1.165, 1.54) is 84.5 Å². The molecule has 0 aliphatic rings. The number of nitrogens with zero attached hydrogens (tertiary/aromatic N) is 21. The van der Waals surface area contributed by atoms with Crippen LogP contribution < -0.4 is 10.9 Å². The van der Waals surface area contributed by atoms with E-state index in [-0.39, 0.29) is 12.9 Å². The molecule has 0 aliphatic carbocycles. The Hall–Kier alpha value is -13.5. The number of H-pyrrole nitrogens is 1. The van der Waals surface area contributed by atoms with Crippen LogP contribution in [-0.4, -0.2) is 104 Å². The Morgan fingerprint density at radius 1 is 0.429 bits per heavy atom. The smallest absolute Gasteiger partial charge is 0.423 e. The first-order valence-electron chi connectivity index (χ1n) is 29.4. The predicted octanol–water partition coefficient (Wildman–Crippen LogP) is 9.96. The van der Waals surface area contributed by atoms with E-state index in [9.17, 15) is 28.5 Å². The van der Waals surface area contributed by atoms with Crippen molar-refractivity contribution in [1.82, 2.24) is 86.8 Å². The number of pyridine rings is 8. The number of halogens is 3. The molecular formula is C69H58BF3N22O3. The molecule has 98 heavy (non-hydrogen) atoms. The molecule has 15 rings (SSSR count). The molecule has 0 saturated carbocycles. The number of aryl methyl sites for hydroxylation is 5. The molecule has 15 heterocycles. The van der Waals surface area contributed by atoms with Gasteiger partial charge in [0.1, 0.15) is 69.6 Å². The zero-order valence-corrected chi connectivity index (χ0v) is 52.7. The van der Waals surface area contributed by atoms with Crippen LogP contribution in [0.15, 0.2) is 189 Å². The lowest BCUT2D eigenvalue weighted by Gasteiger charge is -2.09. The van der Waals surface area contributed by atoms with Gasteiger partial charge < -0.3 is 15.0 Å². The normalized spacial score (nSPS) is 10.4. The lowest BCUT2D eigenvalue weighted by molar-refractivity contribution is 0.425. The highest BCUT2D eigenvalue weighted by Gasteiger charge is 2.18. The van der Waals surface area contributed by atoms with Gasteiger partial charge in [-0.05, 0) is 115 Å². The maximum atomic E-state index is 13.2. The fourth-order valence-electron chi connectivity index (χ4n) is 10.0. The average molecular weight is 1310 g/mol. The van der Waals surface area contributed by atoms with Crippen LogP contribution in [0.25, 0.3) is 89.9 Å². The SMILES string of the molecule is C.CC.Cc1cc(-c2ccc(F)nc2)n2c(C#N)cnc2c1.Cc1ccc(-c2cc(-c3cnn(C)c3)cc3ncc(C#N)n23)cn1.Cn1cc(-c2cc(-c3ccc(F)nc3)n3c(C#N)cnc3c2)cn1.Cn1cc(B(O)O)cn1.N#Cc1c[nH]c2cc(=O)cc(-c3ccc(F)nc3)n12. The van der Waals surface area contributed by atoms with Gasteiger partial charge in [0, 0.05) is 134 Å². The summed E-state index contributed by atoms with van der Waals surface area (Å²) in [6.07, 6.45) is 22.6. The van der Waals surface area contributed by atoms with Crippen molar-refractivity contribution < 1.29 is 23.2 Å². The molecule has 0 atom stereocenters. The van der Waals surface area contributed by atoms with E-state index in [1.54, 1.807) is 60.3 Å². The van der Waals surface area contributed by atoms with Gasteiger partial charge in [0.15, 0.2) is 5.43 Å². The lowest BCUT2D eigenvalue weighted by Crippen LogP contribution is -2.28. The van der Waals surface area contributed by atoms with E-state index in [0.29, 0.717) is 67.7 Å². The van der Waals surface area contributed by atoms with Crippen molar-refractivity contribution in [2.75, 3.05) is 0 Å². The van der Waals surface area contributed by atoms with Crippen LogP contribution in [0, 0.1) is 77.0 Å². The van der Waals surface area contributed by atoms with Gasteiger partial charge in [-0.15, -0.1) is 0 Å². The first-order chi connectivity index (χ1) is 46.9. The highest BCUT2D eigenvalue weighted by atomic mass is 19.1. The van der Waals surface area contributed by atoms with Gasteiger partial charge in [0.05, 0.1) is 53.8 Å². The van der Waals surface area contributed by atoms with E-state index in [1.807, 2.05) is 126 Å². The number of aromatic nitrogens is 18. The van der Waals surface area contributed by atoms with Crippen molar-refractivity contribution in [3.8, 4) is 91.6 Å². The minimum atomic E-state index is -1.40. The van der Waals surface area contributed by atoms with Gasteiger partial charge in [-0.3, -0.25) is 41.4 Å². The summed E-state index contributed by atoms with van der Waals surface area (Å²) < 4.78 is 50.8. The molecule has 25 nitrogen and oxygen atoms in total. The molecule has 29 heteroatoms. The number of fused-ring (bicyclic) bond motifs is 4. The Balaban J connectivity index is 0.000000146. The summed E-state index contributed by atoms with van der Waals surface area (Å²) >= 11 is 0. The van der Waals surface area contributed by atoms with Gasteiger partial charge in [-0.1, -0.05) is 21.3 Å². The van der Waals surface area contributed by atoms with Gasteiger partial charge in [-0.2, -0.15) is 49.5 Å². The van der Waals surface area contributed by atoms with Crippen LogP contribution in [0.5, 0.6) is 0 Å². The Morgan fingerprint density at radius 2 is 0.827 bits per heavy atom. The summed E-state index contributed by atoms with van der Waals surface area (Å²) in [6, 6.07) is 35.4. The Kier molecular flexibility index (Phi) is 21.5. The molecule has 0 unspecified atom stereocenters. The molecule has 0 amide bonds. The topological polar surface area (TPSA) is 330 Å². The number of rotatable bonds is 7. The van der Waals surface area contributed by atoms with E-state index in [2.05, 4.69) is 73.4 Å². The largest absolute Gasteiger partial charge is 0.491 e. The molecule has 0 fully saturated rings. The fourth-order valence-corrected chi connectivity index (χ4v) is 10.0. The van der Waals surface area contributed by atoms with E-state index >= 15 is 0 Å². The molecule has 15 aromatic rings. The third-order valence-electron chi connectivity index (χ3n) is 14.4. The number of nitriles is 4. The third kappa shape index (κ3) is 15.3. The summed E-state index contributed by atoms with van der Waals surface area (Å²) in [7, 11) is 4.04. The number of hydrogen-bond donors (Lipinski definition) is 3. The third-order valence-corrected chi connectivity index (χ3v) is 14.4. The van der Waals surface area contributed by atoms with Gasteiger partial charge >= 0.3 is 7.12 Å². The Bertz CT molecular complexity index is 5370. The van der Waals surface area contributed by atoms with Gasteiger partial charge in [0.25, 0.3) is 0 Å². The quantitative estimate of drug-likeness (QED) is 0.0986. The second kappa shape index (κ2) is 30.5. The standard InChI is InChI=1S/C18H14N6.C17H11FN6.C14H9FN4.C13H7FN4O.C4H7BN2O2.C2H6.CH4/c1-12-3-4-13(8-20-12)17-5-14(15-9-22-23(2)11-15)6-18-21-10-16(7-19)24(17)18;1-23-10-13(8-22-23)12-4-15(11-2-3-16(18)20-7-11)24-14(6-19)9-21-17(24)5-12;1-9-4-12(10-2-3-13(15)17-7-10)19-11(6-16)8-18-14(19)5-9;14-12-2-1-8(6-16-12)11-3-10(19)4-13-17-7-9(5-15)18(11)13;1-7-3-4(2-6-7)5(8)9;1-2;/h3-6,8-11H,1-2H3;2-5,7-10H,1H3;2-5,7-8H,1H3;1-4,6-7,17H;2-3,8-9H,1H3;1-2H3;1H4.